The molecular formula is C16H19N5O3S. The predicted molar refractivity (Wildman–Crippen MR) is 93.8 cm³/mol. The van der Waals surface area contributed by atoms with Crippen LogP contribution in [0.15, 0.2) is 24.5 Å². The molecule has 0 spiro atoms. The second-order valence-corrected chi connectivity index (χ2v) is 6.76. The van der Waals surface area contributed by atoms with Crippen LogP contribution < -0.4 is 16.0 Å². The summed E-state index contributed by atoms with van der Waals surface area (Å²) in [5.41, 5.74) is -0.113. The Balaban J connectivity index is 1.50. The van der Waals surface area contributed by atoms with Gasteiger partial charge in [0.2, 0.25) is 5.91 Å². The maximum atomic E-state index is 12.0. The van der Waals surface area contributed by atoms with Gasteiger partial charge in [-0.2, -0.15) is 0 Å². The van der Waals surface area contributed by atoms with Crippen molar-refractivity contribution in [3.63, 3.8) is 0 Å². The molecule has 1 fully saturated rings. The number of aromatic nitrogens is 2. The Bertz CT molecular complexity index is 758. The van der Waals surface area contributed by atoms with Gasteiger partial charge in [0.05, 0.1) is 6.54 Å². The van der Waals surface area contributed by atoms with Crippen LogP contribution in [0.3, 0.4) is 0 Å². The zero-order valence-electron chi connectivity index (χ0n) is 13.5. The second kappa shape index (κ2) is 8.04. The minimum Gasteiger partial charge on any atom is -0.505 e. The number of piperidine rings is 1. The molecule has 0 radical (unpaired) electrons. The zero-order valence-corrected chi connectivity index (χ0v) is 14.3. The number of carbonyl (C=O) groups excluding carboxylic acids is 2. The summed E-state index contributed by atoms with van der Waals surface area (Å²) < 4.78 is 0. The number of rotatable bonds is 5. The highest BCUT2D eigenvalue weighted by Gasteiger charge is 2.19. The first kappa shape index (κ1) is 17.3. The lowest BCUT2D eigenvalue weighted by atomic mass is 9.97. The van der Waals surface area contributed by atoms with Crippen molar-refractivity contribution < 1.29 is 14.7 Å². The van der Waals surface area contributed by atoms with Crippen molar-refractivity contribution in [2.45, 2.75) is 18.8 Å². The van der Waals surface area contributed by atoms with Gasteiger partial charge in [0.15, 0.2) is 10.8 Å². The molecule has 132 valence electrons. The molecule has 0 aromatic carbocycles. The fraction of sp³-hybridized carbons (Fsp3) is 0.375. The largest absolute Gasteiger partial charge is 0.505 e. The molecule has 2 aromatic heterocycles. The highest BCUT2D eigenvalue weighted by Crippen LogP contribution is 2.31. The molecule has 0 bridgehead atoms. The number of aromatic hydroxyl groups is 1. The average molecular weight is 361 g/mol. The number of carbonyl (C=O) groups is 2. The van der Waals surface area contributed by atoms with Crippen LogP contribution in [0.1, 0.15) is 34.1 Å². The molecular weight excluding hydrogens is 342 g/mol. The summed E-state index contributed by atoms with van der Waals surface area (Å²) in [6, 6.07) is 2.88. The van der Waals surface area contributed by atoms with Crippen molar-refractivity contribution in [2.75, 3.05) is 25.0 Å². The minimum absolute atomic E-state index is 0.113. The van der Waals surface area contributed by atoms with Crippen molar-refractivity contribution >= 4 is 28.3 Å². The summed E-state index contributed by atoms with van der Waals surface area (Å²) in [6.07, 6.45) is 5.34. The number of hydrogen-bond donors (Lipinski definition) is 4. The Morgan fingerprint density at radius 3 is 2.88 bits per heavy atom. The van der Waals surface area contributed by atoms with Gasteiger partial charge in [0.1, 0.15) is 5.75 Å². The summed E-state index contributed by atoms with van der Waals surface area (Å²) in [6.45, 7) is 1.77. The van der Waals surface area contributed by atoms with Crippen molar-refractivity contribution in [1.82, 2.24) is 20.6 Å². The summed E-state index contributed by atoms with van der Waals surface area (Å²) in [7, 11) is 0. The molecule has 2 amide bonds. The maximum absolute atomic E-state index is 12.0. The van der Waals surface area contributed by atoms with Crippen LogP contribution in [0, 0.1) is 0 Å². The van der Waals surface area contributed by atoms with E-state index in [4.69, 9.17) is 0 Å². The van der Waals surface area contributed by atoms with Gasteiger partial charge in [-0.1, -0.05) is 0 Å². The van der Waals surface area contributed by atoms with E-state index in [-0.39, 0.29) is 23.9 Å². The number of nitrogens with zero attached hydrogens (tertiary/aromatic N) is 2. The lowest BCUT2D eigenvalue weighted by molar-refractivity contribution is -0.115. The highest BCUT2D eigenvalue weighted by molar-refractivity contribution is 7.15. The Labute approximate surface area is 148 Å². The standard InChI is InChI=1S/C16H19N5O3S/c22-11-2-1-5-18-14(11)15(24)19-9-13(23)21-16-20-8-12(25-16)10-3-6-17-7-4-10/h1-2,5,8,10,17,22H,3-4,6-7,9H2,(H,19,24)(H,20,21,23). The molecule has 0 saturated carbocycles. The second-order valence-electron chi connectivity index (χ2n) is 5.69. The lowest BCUT2D eigenvalue weighted by Crippen LogP contribution is -2.33. The van der Waals surface area contributed by atoms with Crippen molar-refractivity contribution in [1.29, 1.82) is 0 Å². The first-order valence-corrected chi connectivity index (χ1v) is 8.83. The summed E-state index contributed by atoms with van der Waals surface area (Å²) in [4.78, 5) is 33.1. The van der Waals surface area contributed by atoms with Gasteiger partial charge < -0.3 is 21.1 Å². The van der Waals surface area contributed by atoms with Gasteiger partial charge in [-0.05, 0) is 44.0 Å². The molecule has 3 rings (SSSR count). The highest BCUT2D eigenvalue weighted by atomic mass is 32.1. The Morgan fingerprint density at radius 2 is 2.12 bits per heavy atom. The number of hydrogen-bond acceptors (Lipinski definition) is 7. The van der Waals surface area contributed by atoms with E-state index in [1.807, 2.05) is 0 Å². The van der Waals surface area contributed by atoms with Crippen LogP contribution in [0.5, 0.6) is 5.75 Å². The van der Waals surface area contributed by atoms with Gasteiger partial charge in [0, 0.05) is 17.3 Å². The number of nitrogens with one attached hydrogen (secondary N) is 3. The van der Waals surface area contributed by atoms with E-state index in [2.05, 4.69) is 25.9 Å². The third-order valence-corrected chi connectivity index (χ3v) is 5.00. The quantitative estimate of drug-likeness (QED) is 0.633. The van der Waals surface area contributed by atoms with Crippen LogP contribution >= 0.6 is 11.3 Å². The van der Waals surface area contributed by atoms with Gasteiger partial charge in [-0.15, -0.1) is 11.3 Å². The third kappa shape index (κ3) is 4.52. The fourth-order valence-corrected chi connectivity index (χ4v) is 3.62. The minimum atomic E-state index is -0.609. The van der Waals surface area contributed by atoms with Gasteiger partial charge in [-0.25, -0.2) is 9.97 Å². The first-order valence-electron chi connectivity index (χ1n) is 8.02. The van der Waals surface area contributed by atoms with Crippen LogP contribution in [0.4, 0.5) is 5.13 Å². The first-order chi connectivity index (χ1) is 12.1. The maximum Gasteiger partial charge on any atom is 0.274 e. The van der Waals surface area contributed by atoms with E-state index in [9.17, 15) is 14.7 Å². The molecule has 3 heterocycles. The smallest absolute Gasteiger partial charge is 0.274 e. The van der Waals surface area contributed by atoms with E-state index in [1.54, 1.807) is 6.20 Å². The SMILES string of the molecule is O=C(CNC(=O)c1ncccc1O)Nc1ncc(C2CCNCC2)s1. The number of thiazole rings is 1. The van der Waals surface area contributed by atoms with Crippen LogP contribution in [-0.2, 0) is 4.79 Å². The molecule has 4 N–H and O–H groups in total. The van der Waals surface area contributed by atoms with Gasteiger partial charge in [-0.3, -0.25) is 9.59 Å². The summed E-state index contributed by atoms with van der Waals surface area (Å²) in [5, 5.41) is 18.5. The topological polar surface area (TPSA) is 116 Å². The molecule has 0 unspecified atom stereocenters. The molecule has 25 heavy (non-hydrogen) atoms. The average Bonchev–Trinajstić information content (AvgIpc) is 3.09. The normalized spacial score (nSPS) is 14.9. The van der Waals surface area contributed by atoms with Crippen LogP contribution in [-0.4, -0.2) is 46.5 Å². The van der Waals surface area contributed by atoms with Crippen molar-refractivity contribution in [3.05, 3.63) is 35.1 Å². The molecule has 1 aliphatic heterocycles. The molecule has 9 heteroatoms. The third-order valence-electron chi connectivity index (χ3n) is 3.92. The predicted octanol–water partition coefficient (Wildman–Crippen LogP) is 1.08. The Hall–Kier alpha value is -2.52. The zero-order chi connectivity index (χ0) is 17.6. The van der Waals surface area contributed by atoms with Gasteiger partial charge >= 0.3 is 0 Å². The number of anilines is 1. The van der Waals surface area contributed by atoms with Crippen molar-refractivity contribution in [2.24, 2.45) is 0 Å². The molecule has 0 aliphatic carbocycles. The van der Waals surface area contributed by atoms with Crippen LogP contribution in [0.25, 0.3) is 0 Å². The van der Waals surface area contributed by atoms with E-state index in [0.717, 1.165) is 25.9 Å². The fourth-order valence-electron chi connectivity index (χ4n) is 2.62. The summed E-state index contributed by atoms with van der Waals surface area (Å²) in [5.74, 6) is -0.735. The Morgan fingerprint density at radius 1 is 1.32 bits per heavy atom. The molecule has 1 aliphatic rings. The monoisotopic (exact) mass is 361 g/mol. The molecule has 2 aromatic rings. The van der Waals surface area contributed by atoms with E-state index in [0.29, 0.717) is 11.0 Å². The van der Waals surface area contributed by atoms with E-state index < -0.39 is 5.91 Å². The van der Waals surface area contributed by atoms with E-state index >= 15 is 0 Å². The molecule has 1 saturated heterocycles. The lowest BCUT2D eigenvalue weighted by Gasteiger charge is -2.20. The van der Waals surface area contributed by atoms with Gasteiger partial charge in [0.25, 0.3) is 5.91 Å². The number of pyridine rings is 1. The van der Waals surface area contributed by atoms with Crippen LogP contribution in [0.2, 0.25) is 0 Å². The van der Waals surface area contributed by atoms with Crippen molar-refractivity contribution in [3.8, 4) is 5.75 Å². The number of amides is 2. The molecule has 8 nitrogen and oxygen atoms in total. The molecule has 0 atom stereocenters. The van der Waals surface area contributed by atoms with E-state index in [1.165, 1.54) is 34.5 Å². The summed E-state index contributed by atoms with van der Waals surface area (Å²) >= 11 is 1.46. The Kier molecular flexibility index (Phi) is 5.56.